The van der Waals surface area contributed by atoms with Crippen molar-refractivity contribution in [2.45, 2.75) is 25.3 Å². The summed E-state index contributed by atoms with van der Waals surface area (Å²) in [6.45, 7) is 0.516. The minimum absolute atomic E-state index is 0. The molecule has 1 aliphatic rings. The van der Waals surface area contributed by atoms with Gasteiger partial charge in [-0.25, -0.2) is 4.98 Å². The molecule has 0 aliphatic heterocycles. The number of hydrogen-bond acceptors (Lipinski definition) is 5. The van der Waals surface area contributed by atoms with Gasteiger partial charge in [-0.1, -0.05) is 0 Å². The fourth-order valence-corrected chi connectivity index (χ4v) is 4.54. The van der Waals surface area contributed by atoms with Crippen LogP contribution in [0.25, 0.3) is 9.88 Å². The maximum absolute atomic E-state index is 12.1. The molecule has 0 bridgehead atoms. The van der Waals surface area contributed by atoms with Gasteiger partial charge in [0.25, 0.3) is 0 Å². The molecule has 128 valence electrons. The van der Waals surface area contributed by atoms with Crippen LogP contribution in [0.3, 0.4) is 0 Å². The monoisotopic (exact) mass is 457 g/mol. The van der Waals surface area contributed by atoms with Gasteiger partial charge in [-0.2, -0.15) is 0 Å². The number of nitrogens with two attached hydrogens (primary N) is 1. The molecule has 4 nitrogen and oxygen atoms in total. The first-order valence-electron chi connectivity index (χ1n) is 6.84. The number of aromatic nitrogens is 1. The van der Waals surface area contributed by atoms with E-state index in [1.165, 1.54) is 12.8 Å². The molecule has 1 atom stereocenters. The summed E-state index contributed by atoms with van der Waals surface area (Å²) >= 11 is 6.66. The van der Waals surface area contributed by atoms with Gasteiger partial charge in [-0.3, -0.25) is 4.79 Å². The minimum Gasteiger partial charge on any atom is -0.351 e. The third-order valence-electron chi connectivity index (χ3n) is 3.46. The van der Waals surface area contributed by atoms with Gasteiger partial charge in [-0.15, -0.1) is 47.5 Å². The smallest absolute Gasteiger partial charge is 0.226 e. The van der Waals surface area contributed by atoms with Crippen molar-refractivity contribution >= 4 is 69.3 Å². The quantitative estimate of drug-likeness (QED) is 0.690. The molecule has 23 heavy (non-hydrogen) atoms. The molecule has 0 saturated heterocycles. The first kappa shape index (κ1) is 20.9. The number of nitrogens with one attached hydrogen (secondary N) is 1. The Labute approximate surface area is 164 Å². The maximum Gasteiger partial charge on any atom is 0.226 e. The van der Waals surface area contributed by atoms with Crippen LogP contribution in [-0.4, -0.2) is 23.5 Å². The number of amides is 1. The summed E-state index contributed by atoms with van der Waals surface area (Å²) in [6.07, 6.45) is 2.68. The highest BCUT2D eigenvalue weighted by atomic mass is 79.9. The molecule has 1 unspecified atom stereocenters. The zero-order chi connectivity index (χ0) is 14.8. The largest absolute Gasteiger partial charge is 0.351 e. The van der Waals surface area contributed by atoms with Crippen LogP contribution in [-0.2, 0) is 11.2 Å². The van der Waals surface area contributed by atoms with Crippen molar-refractivity contribution in [2.24, 2.45) is 11.7 Å². The standard InChI is InChI=1S/C14H16BrN3OS2.2ClH/c15-9-3-12(20-6-9)14-17-10(7-21-14)4-13(19)18-11(5-16)8-1-2-8;;/h3,6-8,11H,1-2,4-5,16H2,(H,18,19);2*1H. The molecule has 0 radical (unpaired) electrons. The summed E-state index contributed by atoms with van der Waals surface area (Å²) in [6, 6.07) is 2.18. The lowest BCUT2D eigenvalue weighted by Crippen LogP contribution is -2.42. The molecule has 1 aliphatic carbocycles. The fraction of sp³-hybridized carbons (Fsp3) is 0.429. The summed E-state index contributed by atoms with van der Waals surface area (Å²) < 4.78 is 1.06. The average molecular weight is 459 g/mol. The lowest BCUT2D eigenvalue weighted by molar-refractivity contribution is -0.121. The van der Waals surface area contributed by atoms with E-state index in [-0.39, 0.29) is 36.8 Å². The molecule has 1 amide bonds. The molecule has 2 aromatic heterocycles. The van der Waals surface area contributed by atoms with E-state index in [1.54, 1.807) is 22.7 Å². The Morgan fingerprint density at radius 3 is 2.70 bits per heavy atom. The van der Waals surface area contributed by atoms with Crippen LogP contribution in [0.1, 0.15) is 18.5 Å². The Kier molecular flexibility index (Phi) is 8.47. The van der Waals surface area contributed by atoms with Crippen molar-refractivity contribution < 1.29 is 4.79 Å². The van der Waals surface area contributed by atoms with E-state index in [2.05, 4.69) is 26.2 Å². The normalized spacial score (nSPS) is 14.5. The highest BCUT2D eigenvalue weighted by molar-refractivity contribution is 9.10. The zero-order valence-electron chi connectivity index (χ0n) is 12.2. The Bertz CT molecular complexity index is 646. The highest BCUT2D eigenvalue weighted by Gasteiger charge is 2.31. The number of rotatable bonds is 6. The molecule has 2 heterocycles. The summed E-state index contributed by atoms with van der Waals surface area (Å²) in [5.41, 5.74) is 6.53. The fourth-order valence-electron chi connectivity index (χ4n) is 2.22. The second-order valence-electron chi connectivity index (χ2n) is 5.20. The number of thiazole rings is 1. The SMILES string of the molecule is Cl.Cl.NCC(NC(=O)Cc1csc(-c2cc(Br)cs2)n1)C1CC1. The molecule has 0 aromatic carbocycles. The van der Waals surface area contributed by atoms with Crippen LogP contribution in [0.2, 0.25) is 0 Å². The van der Waals surface area contributed by atoms with E-state index in [9.17, 15) is 4.79 Å². The first-order chi connectivity index (χ1) is 10.2. The van der Waals surface area contributed by atoms with Crippen LogP contribution in [0.5, 0.6) is 0 Å². The molecular formula is C14H18BrCl2N3OS2. The topological polar surface area (TPSA) is 68.0 Å². The summed E-state index contributed by atoms with van der Waals surface area (Å²) in [7, 11) is 0. The Balaban J connectivity index is 0.00000132. The maximum atomic E-state index is 12.1. The lowest BCUT2D eigenvalue weighted by atomic mass is 10.2. The van der Waals surface area contributed by atoms with E-state index in [0.29, 0.717) is 18.9 Å². The Morgan fingerprint density at radius 2 is 2.13 bits per heavy atom. The first-order valence-corrected chi connectivity index (χ1v) is 9.39. The second-order valence-corrected chi connectivity index (χ2v) is 7.88. The second kappa shape index (κ2) is 9.34. The lowest BCUT2D eigenvalue weighted by Gasteiger charge is -2.15. The molecule has 3 rings (SSSR count). The van der Waals surface area contributed by atoms with Crippen molar-refractivity contribution in [1.82, 2.24) is 10.3 Å². The summed E-state index contributed by atoms with van der Waals surface area (Å²) in [4.78, 5) is 17.7. The van der Waals surface area contributed by atoms with Gasteiger partial charge in [0.15, 0.2) is 0 Å². The van der Waals surface area contributed by atoms with E-state index in [4.69, 9.17) is 5.73 Å². The van der Waals surface area contributed by atoms with Gasteiger partial charge < -0.3 is 11.1 Å². The van der Waals surface area contributed by atoms with E-state index < -0.39 is 0 Å². The van der Waals surface area contributed by atoms with Gasteiger partial charge in [0.05, 0.1) is 17.0 Å². The van der Waals surface area contributed by atoms with Crippen LogP contribution in [0, 0.1) is 5.92 Å². The third kappa shape index (κ3) is 5.69. The predicted octanol–water partition coefficient (Wildman–Crippen LogP) is 3.87. The number of carbonyl (C=O) groups excluding carboxylic acids is 1. The Hall–Kier alpha value is -0.180. The summed E-state index contributed by atoms with van der Waals surface area (Å²) in [5.74, 6) is 0.593. The molecular weight excluding hydrogens is 441 g/mol. The molecule has 1 saturated carbocycles. The van der Waals surface area contributed by atoms with Crippen molar-refractivity contribution in [3.05, 3.63) is 27.0 Å². The van der Waals surface area contributed by atoms with Gasteiger partial charge in [0, 0.05) is 27.8 Å². The highest BCUT2D eigenvalue weighted by Crippen LogP contribution is 2.33. The number of thiophene rings is 1. The molecule has 2 aromatic rings. The van der Waals surface area contributed by atoms with Gasteiger partial charge in [0.1, 0.15) is 5.01 Å². The van der Waals surface area contributed by atoms with Crippen LogP contribution in [0.4, 0.5) is 0 Å². The average Bonchev–Trinajstić information content (AvgIpc) is 3.05. The van der Waals surface area contributed by atoms with Gasteiger partial charge in [-0.05, 0) is 40.8 Å². The predicted molar refractivity (Wildman–Crippen MR) is 105 cm³/mol. The van der Waals surface area contributed by atoms with E-state index in [1.807, 2.05) is 16.8 Å². The van der Waals surface area contributed by atoms with Crippen LogP contribution < -0.4 is 11.1 Å². The van der Waals surface area contributed by atoms with Crippen molar-refractivity contribution in [3.8, 4) is 9.88 Å². The van der Waals surface area contributed by atoms with Crippen LogP contribution in [0.15, 0.2) is 21.3 Å². The van der Waals surface area contributed by atoms with E-state index >= 15 is 0 Å². The van der Waals surface area contributed by atoms with Gasteiger partial charge in [0.2, 0.25) is 5.91 Å². The molecule has 9 heteroatoms. The molecule has 1 fully saturated rings. The van der Waals surface area contributed by atoms with Crippen molar-refractivity contribution in [3.63, 3.8) is 0 Å². The van der Waals surface area contributed by atoms with Gasteiger partial charge >= 0.3 is 0 Å². The van der Waals surface area contributed by atoms with Crippen molar-refractivity contribution in [2.75, 3.05) is 6.54 Å². The summed E-state index contributed by atoms with van der Waals surface area (Å²) in [5, 5.41) is 7.98. The third-order valence-corrected chi connectivity index (χ3v) is 6.21. The number of carbonyl (C=O) groups is 1. The zero-order valence-corrected chi connectivity index (χ0v) is 17.0. The van der Waals surface area contributed by atoms with Crippen LogP contribution >= 0.6 is 63.4 Å². The van der Waals surface area contributed by atoms with Crippen molar-refractivity contribution in [1.29, 1.82) is 0 Å². The minimum atomic E-state index is 0. The molecule has 3 N–H and O–H groups in total. The van der Waals surface area contributed by atoms with E-state index in [0.717, 1.165) is 20.1 Å². The number of halogens is 3. The number of hydrogen-bond donors (Lipinski definition) is 2. The Morgan fingerprint density at radius 1 is 1.39 bits per heavy atom. The molecule has 0 spiro atoms. The number of nitrogens with zero attached hydrogens (tertiary/aromatic N) is 1.